The van der Waals surface area contributed by atoms with E-state index in [1.807, 2.05) is 0 Å². The maximum absolute atomic E-state index is 12.7. The SMILES string of the molecule is CCCCCCCCCCCCCCCCCC(=O)Nc1ccc(C(=O)N[C@H](CS)C(=O)Nc2cccc(C(=O)O)c2)cc1. The maximum Gasteiger partial charge on any atom is 0.335 e. The van der Waals surface area contributed by atoms with Crippen LogP contribution < -0.4 is 16.0 Å². The van der Waals surface area contributed by atoms with Crippen molar-refractivity contribution < 1.29 is 24.3 Å². The number of aromatic carboxylic acids is 1. The summed E-state index contributed by atoms with van der Waals surface area (Å²) in [5, 5.41) is 17.3. The predicted octanol–water partition coefficient (Wildman–Crippen LogP) is 8.25. The summed E-state index contributed by atoms with van der Waals surface area (Å²) in [6.45, 7) is 2.26. The number of carboxylic acids is 1. The predicted molar refractivity (Wildman–Crippen MR) is 182 cm³/mol. The van der Waals surface area contributed by atoms with E-state index in [0.29, 0.717) is 23.4 Å². The third-order valence-corrected chi connectivity index (χ3v) is 7.98. The van der Waals surface area contributed by atoms with Gasteiger partial charge in [-0.3, -0.25) is 14.4 Å². The summed E-state index contributed by atoms with van der Waals surface area (Å²) in [5.41, 5.74) is 1.28. The molecule has 0 aliphatic carbocycles. The Morgan fingerprint density at radius 2 is 1.23 bits per heavy atom. The summed E-state index contributed by atoms with van der Waals surface area (Å²) in [6, 6.07) is 11.4. The number of amides is 3. The van der Waals surface area contributed by atoms with Gasteiger partial charge in [0.2, 0.25) is 11.8 Å². The minimum Gasteiger partial charge on any atom is -0.478 e. The maximum atomic E-state index is 12.7. The van der Waals surface area contributed by atoms with Gasteiger partial charge in [0.15, 0.2) is 0 Å². The van der Waals surface area contributed by atoms with Crippen LogP contribution in [0.1, 0.15) is 130 Å². The van der Waals surface area contributed by atoms with E-state index in [4.69, 9.17) is 5.11 Å². The highest BCUT2D eigenvalue weighted by molar-refractivity contribution is 7.80. The summed E-state index contributed by atoms with van der Waals surface area (Å²) in [7, 11) is 0. The lowest BCUT2D eigenvalue weighted by Crippen LogP contribution is -2.45. The third-order valence-electron chi connectivity index (χ3n) is 7.62. The number of unbranched alkanes of at least 4 members (excludes halogenated alkanes) is 14. The molecule has 0 unspecified atom stereocenters. The van der Waals surface area contributed by atoms with Crippen molar-refractivity contribution in [3.63, 3.8) is 0 Å². The molecule has 0 aliphatic rings. The molecular formula is C35H51N3O5S. The Morgan fingerprint density at radius 1 is 0.682 bits per heavy atom. The second kappa shape index (κ2) is 22.2. The lowest BCUT2D eigenvalue weighted by Gasteiger charge is -2.17. The Hall–Kier alpha value is -3.33. The molecule has 2 aromatic carbocycles. The zero-order valence-corrected chi connectivity index (χ0v) is 27.1. The summed E-state index contributed by atoms with van der Waals surface area (Å²) >= 11 is 4.18. The van der Waals surface area contributed by atoms with E-state index >= 15 is 0 Å². The van der Waals surface area contributed by atoms with Crippen LogP contribution in [0.15, 0.2) is 48.5 Å². The van der Waals surface area contributed by atoms with Crippen molar-refractivity contribution >= 4 is 47.7 Å². The Balaban J connectivity index is 1.59. The third kappa shape index (κ3) is 15.4. The second-order valence-electron chi connectivity index (χ2n) is 11.4. The van der Waals surface area contributed by atoms with Gasteiger partial charge in [0.05, 0.1) is 5.56 Å². The van der Waals surface area contributed by atoms with Gasteiger partial charge >= 0.3 is 5.97 Å². The molecule has 0 fully saturated rings. The average Bonchev–Trinajstić information content (AvgIpc) is 3.02. The van der Waals surface area contributed by atoms with E-state index in [1.165, 1.54) is 95.2 Å². The minimum absolute atomic E-state index is 0.0382. The molecule has 0 radical (unpaired) electrons. The Labute approximate surface area is 268 Å². The van der Waals surface area contributed by atoms with Crippen LogP contribution in [0.3, 0.4) is 0 Å². The first kappa shape index (κ1) is 36.9. The standard InChI is InChI=1S/C35H51N3O5S/c1-2-3-4-5-6-7-8-9-10-11-12-13-14-15-16-20-32(39)36-29-23-21-27(22-24-29)33(40)38-31(26-44)34(41)37-30-19-17-18-28(25-30)35(42)43/h17-19,21-25,31,44H,2-16,20,26H2,1H3,(H,36,39)(H,37,41)(H,38,40)(H,42,43)/t31-/m1/s1. The van der Waals surface area contributed by atoms with Crippen molar-refractivity contribution in [1.82, 2.24) is 5.32 Å². The zero-order chi connectivity index (χ0) is 32.0. The molecule has 0 aliphatic heterocycles. The van der Waals surface area contributed by atoms with E-state index in [2.05, 4.69) is 35.5 Å². The van der Waals surface area contributed by atoms with E-state index in [1.54, 1.807) is 30.3 Å². The van der Waals surface area contributed by atoms with Crippen LogP contribution in [0.4, 0.5) is 11.4 Å². The number of carboxylic acid groups (broad SMARTS) is 1. The van der Waals surface area contributed by atoms with Gasteiger partial charge < -0.3 is 21.1 Å². The molecule has 44 heavy (non-hydrogen) atoms. The smallest absolute Gasteiger partial charge is 0.335 e. The molecule has 4 N–H and O–H groups in total. The fraction of sp³-hybridized carbons (Fsp3) is 0.543. The Kier molecular flexibility index (Phi) is 18.6. The summed E-state index contributed by atoms with van der Waals surface area (Å²) in [4.78, 5) is 48.9. The van der Waals surface area contributed by atoms with Crippen LogP contribution in [-0.4, -0.2) is 40.6 Å². The Bertz CT molecular complexity index is 1160. The molecular weight excluding hydrogens is 574 g/mol. The number of hydrogen-bond acceptors (Lipinski definition) is 5. The van der Waals surface area contributed by atoms with Crippen molar-refractivity contribution in [3.05, 3.63) is 59.7 Å². The molecule has 0 bridgehead atoms. The molecule has 0 saturated heterocycles. The highest BCUT2D eigenvalue weighted by Crippen LogP contribution is 2.16. The molecule has 0 aromatic heterocycles. The van der Waals surface area contributed by atoms with E-state index in [0.717, 1.165) is 19.3 Å². The van der Waals surface area contributed by atoms with Crippen molar-refractivity contribution in [3.8, 4) is 0 Å². The monoisotopic (exact) mass is 625 g/mol. The number of carbonyl (C=O) groups is 4. The van der Waals surface area contributed by atoms with Gasteiger partial charge in [-0.05, 0) is 48.9 Å². The molecule has 3 amide bonds. The molecule has 1 atom stereocenters. The molecule has 0 heterocycles. The quantitative estimate of drug-likeness (QED) is 0.0628. The molecule has 2 aromatic rings. The van der Waals surface area contributed by atoms with E-state index < -0.39 is 23.8 Å². The number of carbonyl (C=O) groups excluding carboxylic acids is 3. The Morgan fingerprint density at radius 3 is 1.75 bits per heavy atom. The first-order valence-corrected chi connectivity index (χ1v) is 16.9. The highest BCUT2D eigenvalue weighted by Gasteiger charge is 2.20. The van der Waals surface area contributed by atoms with Crippen LogP contribution in [0.5, 0.6) is 0 Å². The van der Waals surface area contributed by atoms with Gasteiger partial charge in [-0.1, -0.05) is 103 Å². The number of rotatable bonds is 23. The number of anilines is 2. The number of hydrogen-bond donors (Lipinski definition) is 5. The topological polar surface area (TPSA) is 125 Å². The zero-order valence-electron chi connectivity index (χ0n) is 26.2. The van der Waals surface area contributed by atoms with Gasteiger partial charge in [0.1, 0.15) is 6.04 Å². The van der Waals surface area contributed by atoms with Gasteiger partial charge in [0, 0.05) is 29.1 Å². The average molecular weight is 626 g/mol. The normalized spacial score (nSPS) is 11.5. The fourth-order valence-electron chi connectivity index (χ4n) is 4.98. The summed E-state index contributed by atoms with van der Waals surface area (Å²) in [6.07, 6.45) is 19.7. The molecule has 2 rings (SSSR count). The molecule has 9 heteroatoms. The number of benzene rings is 2. The van der Waals surface area contributed by atoms with Crippen molar-refractivity contribution in [2.75, 3.05) is 16.4 Å². The lowest BCUT2D eigenvalue weighted by molar-refractivity contribution is -0.117. The van der Waals surface area contributed by atoms with Gasteiger partial charge in [0.25, 0.3) is 5.91 Å². The van der Waals surface area contributed by atoms with Crippen LogP contribution in [0.25, 0.3) is 0 Å². The number of thiol groups is 1. The van der Waals surface area contributed by atoms with Crippen molar-refractivity contribution in [2.45, 2.75) is 116 Å². The van der Waals surface area contributed by atoms with E-state index in [-0.39, 0.29) is 17.2 Å². The largest absolute Gasteiger partial charge is 0.478 e. The molecule has 242 valence electrons. The number of nitrogens with one attached hydrogen (secondary N) is 3. The first-order chi connectivity index (χ1) is 21.3. The van der Waals surface area contributed by atoms with Crippen LogP contribution >= 0.6 is 12.6 Å². The van der Waals surface area contributed by atoms with Gasteiger partial charge in [-0.2, -0.15) is 12.6 Å². The summed E-state index contributed by atoms with van der Waals surface area (Å²) in [5.74, 6) is -2.09. The van der Waals surface area contributed by atoms with Crippen molar-refractivity contribution in [1.29, 1.82) is 0 Å². The van der Waals surface area contributed by atoms with Crippen LogP contribution in [-0.2, 0) is 9.59 Å². The van der Waals surface area contributed by atoms with Gasteiger partial charge in [-0.25, -0.2) is 4.79 Å². The molecule has 0 saturated carbocycles. The first-order valence-electron chi connectivity index (χ1n) is 16.3. The van der Waals surface area contributed by atoms with Crippen LogP contribution in [0.2, 0.25) is 0 Å². The summed E-state index contributed by atoms with van der Waals surface area (Å²) < 4.78 is 0. The van der Waals surface area contributed by atoms with Crippen LogP contribution in [0, 0.1) is 0 Å². The van der Waals surface area contributed by atoms with Crippen molar-refractivity contribution in [2.24, 2.45) is 0 Å². The lowest BCUT2D eigenvalue weighted by atomic mass is 10.0. The van der Waals surface area contributed by atoms with Gasteiger partial charge in [-0.15, -0.1) is 0 Å². The fourth-order valence-corrected chi connectivity index (χ4v) is 5.24. The highest BCUT2D eigenvalue weighted by atomic mass is 32.1. The van der Waals surface area contributed by atoms with E-state index in [9.17, 15) is 19.2 Å². The molecule has 0 spiro atoms. The minimum atomic E-state index is -1.11. The molecule has 8 nitrogen and oxygen atoms in total. The second-order valence-corrected chi connectivity index (χ2v) is 11.8.